The van der Waals surface area contributed by atoms with Crippen molar-refractivity contribution in [3.8, 4) is 0 Å². The molecule has 0 aliphatic carbocycles. The summed E-state index contributed by atoms with van der Waals surface area (Å²) in [5.74, 6) is -1.13. The topological polar surface area (TPSA) is 76.2 Å². The van der Waals surface area contributed by atoms with Crippen LogP contribution in [0.1, 0.15) is 44.6 Å². The van der Waals surface area contributed by atoms with Crippen molar-refractivity contribution in [3.05, 3.63) is 63.4 Å². The van der Waals surface area contributed by atoms with Crippen LogP contribution in [-0.4, -0.2) is 29.1 Å². The van der Waals surface area contributed by atoms with Gasteiger partial charge in [-0.1, -0.05) is 23.7 Å². The summed E-state index contributed by atoms with van der Waals surface area (Å²) in [6, 6.07) is 6.93. The predicted molar refractivity (Wildman–Crippen MR) is 96.0 cm³/mol. The molecule has 130 valence electrons. The van der Waals surface area contributed by atoms with E-state index in [1.807, 2.05) is 0 Å². The summed E-state index contributed by atoms with van der Waals surface area (Å²) in [5, 5.41) is 0.604. The third-order valence-electron chi connectivity index (χ3n) is 3.70. The Morgan fingerprint density at radius 2 is 1.80 bits per heavy atom. The van der Waals surface area contributed by atoms with Gasteiger partial charge in [0.25, 0.3) is 0 Å². The number of hydrogen-bond acceptors (Lipinski definition) is 4. The van der Waals surface area contributed by atoms with Crippen LogP contribution in [0.5, 0.6) is 0 Å². The Kier molecular flexibility index (Phi) is 5.93. The van der Waals surface area contributed by atoms with Crippen LogP contribution >= 0.6 is 11.6 Å². The van der Waals surface area contributed by atoms with Gasteiger partial charge in [-0.3, -0.25) is 9.59 Å². The lowest BCUT2D eigenvalue weighted by atomic mass is 10.1. The first-order valence-corrected chi connectivity index (χ1v) is 8.01. The molecule has 1 N–H and O–H groups in total. The number of hydrogen-bond donors (Lipinski definition) is 1. The molecule has 0 amide bonds. The van der Waals surface area contributed by atoms with Crippen LogP contribution < -0.4 is 0 Å². The molecule has 6 heteroatoms. The van der Waals surface area contributed by atoms with Crippen LogP contribution in [0.4, 0.5) is 0 Å². The first-order valence-electron chi connectivity index (χ1n) is 7.63. The number of carbonyl (C=O) groups excluding carboxylic acids is 3. The summed E-state index contributed by atoms with van der Waals surface area (Å²) in [5.41, 5.74) is 2.77. The molecular formula is C19H18ClNO4. The summed E-state index contributed by atoms with van der Waals surface area (Å²) in [6.07, 6.45) is 2.81. The number of esters is 1. The summed E-state index contributed by atoms with van der Waals surface area (Å²) >= 11 is 5.78. The van der Waals surface area contributed by atoms with Gasteiger partial charge in [0.15, 0.2) is 12.4 Å². The fraction of sp³-hybridized carbons (Fsp3) is 0.211. The molecule has 0 saturated heterocycles. The normalized spacial score (nSPS) is 10.9. The molecule has 5 nitrogen and oxygen atoms in total. The summed E-state index contributed by atoms with van der Waals surface area (Å²) < 4.78 is 4.96. The summed E-state index contributed by atoms with van der Waals surface area (Å²) in [7, 11) is 0. The van der Waals surface area contributed by atoms with E-state index in [0.29, 0.717) is 21.8 Å². The Balaban J connectivity index is 1.98. The first kappa shape index (κ1) is 18.7. The molecule has 25 heavy (non-hydrogen) atoms. The first-order chi connectivity index (χ1) is 11.8. The minimum Gasteiger partial charge on any atom is -0.454 e. The zero-order chi connectivity index (χ0) is 18.6. The average molecular weight is 360 g/mol. The Labute approximate surface area is 150 Å². The summed E-state index contributed by atoms with van der Waals surface area (Å²) in [4.78, 5) is 38.4. The van der Waals surface area contributed by atoms with Crippen LogP contribution in [0, 0.1) is 13.8 Å². The standard InChI is InChI=1S/C19H18ClNO4/c1-11-18(13(3)22)12(2)21-19(11)16(23)10-25-17(24)9-6-14-4-7-15(20)8-5-14/h4-9,21H,10H2,1-3H3. The number of rotatable bonds is 6. The molecular weight excluding hydrogens is 342 g/mol. The van der Waals surface area contributed by atoms with Crippen molar-refractivity contribution in [1.82, 2.24) is 4.98 Å². The van der Waals surface area contributed by atoms with Crippen molar-refractivity contribution in [1.29, 1.82) is 0 Å². The van der Waals surface area contributed by atoms with Crippen LogP contribution in [0.15, 0.2) is 30.3 Å². The maximum Gasteiger partial charge on any atom is 0.331 e. The van der Waals surface area contributed by atoms with Crippen LogP contribution in [0.2, 0.25) is 5.02 Å². The monoisotopic (exact) mass is 359 g/mol. The van der Waals surface area contributed by atoms with E-state index in [9.17, 15) is 14.4 Å². The lowest BCUT2D eigenvalue weighted by Gasteiger charge is -2.02. The highest BCUT2D eigenvalue weighted by Crippen LogP contribution is 2.19. The highest BCUT2D eigenvalue weighted by Gasteiger charge is 2.20. The quantitative estimate of drug-likeness (QED) is 0.481. The molecule has 0 radical (unpaired) electrons. The van der Waals surface area contributed by atoms with E-state index >= 15 is 0 Å². The second-order valence-corrected chi connectivity index (χ2v) is 6.03. The Morgan fingerprint density at radius 3 is 2.36 bits per heavy atom. The van der Waals surface area contributed by atoms with E-state index in [-0.39, 0.29) is 17.3 Å². The van der Waals surface area contributed by atoms with Gasteiger partial charge in [-0.25, -0.2) is 4.79 Å². The molecule has 0 fully saturated rings. The number of carbonyl (C=O) groups is 3. The maximum absolute atomic E-state index is 12.2. The SMILES string of the molecule is CC(=O)c1c(C)[nH]c(C(=O)COC(=O)C=Cc2ccc(Cl)cc2)c1C. The minimum atomic E-state index is -0.629. The van der Waals surface area contributed by atoms with E-state index < -0.39 is 12.6 Å². The van der Waals surface area contributed by atoms with Crippen molar-refractivity contribution in [2.45, 2.75) is 20.8 Å². The van der Waals surface area contributed by atoms with Gasteiger partial charge in [0.2, 0.25) is 5.78 Å². The fourth-order valence-corrected chi connectivity index (χ4v) is 2.68. The number of Topliss-reactive ketones (excluding diaryl/α,β-unsaturated/α-hetero) is 2. The number of aromatic amines is 1. The fourth-order valence-electron chi connectivity index (χ4n) is 2.55. The van der Waals surface area contributed by atoms with Gasteiger partial charge < -0.3 is 9.72 Å². The van der Waals surface area contributed by atoms with Crippen LogP contribution in [-0.2, 0) is 9.53 Å². The number of ether oxygens (including phenoxy) is 1. The van der Waals surface area contributed by atoms with Gasteiger partial charge in [0, 0.05) is 22.4 Å². The predicted octanol–water partition coefficient (Wildman–Crippen LogP) is 3.93. The number of H-pyrrole nitrogens is 1. The molecule has 0 aliphatic rings. The number of aromatic nitrogens is 1. The molecule has 1 heterocycles. The molecule has 0 spiro atoms. The summed E-state index contributed by atoms with van der Waals surface area (Å²) in [6.45, 7) is 4.46. The van der Waals surface area contributed by atoms with Gasteiger partial charge in [0.1, 0.15) is 0 Å². The van der Waals surface area contributed by atoms with Crippen molar-refractivity contribution >= 4 is 35.2 Å². The Morgan fingerprint density at radius 1 is 1.16 bits per heavy atom. The smallest absolute Gasteiger partial charge is 0.331 e. The van der Waals surface area contributed by atoms with E-state index in [1.165, 1.54) is 13.0 Å². The number of benzene rings is 1. The van der Waals surface area contributed by atoms with Crippen LogP contribution in [0.25, 0.3) is 6.08 Å². The molecule has 1 aromatic carbocycles. The highest BCUT2D eigenvalue weighted by molar-refractivity contribution is 6.30. The average Bonchev–Trinajstić information content (AvgIpc) is 2.86. The molecule has 0 atom stereocenters. The molecule has 0 unspecified atom stereocenters. The zero-order valence-corrected chi connectivity index (χ0v) is 14.9. The second kappa shape index (κ2) is 7.94. The van der Waals surface area contributed by atoms with Gasteiger partial charge in [-0.15, -0.1) is 0 Å². The molecule has 0 aliphatic heterocycles. The molecule has 0 saturated carbocycles. The lowest BCUT2D eigenvalue weighted by molar-refractivity contribution is -0.136. The number of halogens is 1. The van der Waals surface area contributed by atoms with Crippen LogP contribution in [0.3, 0.4) is 0 Å². The maximum atomic E-state index is 12.2. The van der Waals surface area contributed by atoms with Crippen molar-refractivity contribution in [2.24, 2.45) is 0 Å². The highest BCUT2D eigenvalue weighted by atomic mass is 35.5. The Bertz CT molecular complexity index is 847. The zero-order valence-electron chi connectivity index (χ0n) is 14.2. The van der Waals surface area contributed by atoms with Crippen molar-refractivity contribution < 1.29 is 19.1 Å². The number of ketones is 2. The van der Waals surface area contributed by atoms with Crippen molar-refractivity contribution in [2.75, 3.05) is 6.61 Å². The number of aryl methyl sites for hydroxylation is 1. The molecule has 1 aromatic heterocycles. The van der Waals surface area contributed by atoms with Crippen molar-refractivity contribution in [3.63, 3.8) is 0 Å². The van der Waals surface area contributed by atoms with Gasteiger partial charge in [-0.2, -0.15) is 0 Å². The van der Waals surface area contributed by atoms with E-state index in [0.717, 1.165) is 5.56 Å². The minimum absolute atomic E-state index is 0.117. The number of nitrogens with one attached hydrogen (secondary N) is 1. The van der Waals surface area contributed by atoms with Gasteiger partial charge in [0.05, 0.1) is 5.69 Å². The lowest BCUT2D eigenvalue weighted by Crippen LogP contribution is -2.14. The van der Waals surface area contributed by atoms with Gasteiger partial charge >= 0.3 is 5.97 Å². The molecule has 2 rings (SSSR count). The second-order valence-electron chi connectivity index (χ2n) is 5.60. The molecule has 0 bridgehead atoms. The third kappa shape index (κ3) is 4.67. The van der Waals surface area contributed by atoms with Gasteiger partial charge in [-0.05, 0) is 50.1 Å². The molecule has 2 aromatic rings. The Hall–Kier alpha value is -2.66. The van der Waals surface area contributed by atoms with E-state index in [2.05, 4.69) is 4.98 Å². The largest absolute Gasteiger partial charge is 0.454 e. The van der Waals surface area contributed by atoms with E-state index in [1.54, 1.807) is 44.2 Å². The van der Waals surface area contributed by atoms with E-state index in [4.69, 9.17) is 16.3 Å². The third-order valence-corrected chi connectivity index (χ3v) is 3.95.